The topological polar surface area (TPSA) is 61.9 Å². The van der Waals surface area contributed by atoms with Gasteiger partial charge in [0.2, 0.25) is 6.41 Å². The Balaban J connectivity index is 0.000000162. The number of carbonyl (C=O) groups excluding carboxylic acids is 1. The molecule has 0 bridgehead atoms. The first-order valence-corrected chi connectivity index (χ1v) is 2.69. The number of H-pyrrole nitrogens is 1. The third-order valence-electron chi connectivity index (χ3n) is 0.542. The molecular weight excluding hydrogens is 132 g/mol. The second kappa shape index (κ2) is 5.74. The van der Waals surface area contributed by atoms with Crippen molar-refractivity contribution in [2.75, 3.05) is 14.1 Å². The Bertz CT molecular complexity index is 131. The van der Waals surface area contributed by atoms with Crippen LogP contribution in [-0.2, 0) is 4.79 Å². The van der Waals surface area contributed by atoms with Gasteiger partial charge in [-0.1, -0.05) is 5.21 Å². The average molecular weight is 142 g/mol. The predicted molar refractivity (Wildman–Crippen MR) is 36.1 cm³/mol. The summed E-state index contributed by atoms with van der Waals surface area (Å²) in [5.74, 6) is 0. The van der Waals surface area contributed by atoms with Gasteiger partial charge in [-0.15, -0.1) is 5.10 Å². The van der Waals surface area contributed by atoms with Gasteiger partial charge in [0.15, 0.2) is 0 Å². The first kappa shape index (κ1) is 8.61. The molecule has 0 atom stereocenters. The quantitative estimate of drug-likeness (QED) is 0.538. The highest BCUT2D eigenvalue weighted by molar-refractivity contribution is 5.45. The van der Waals surface area contributed by atoms with Crippen LogP contribution in [0, 0.1) is 0 Å². The standard InChI is InChI=1S/C3H7NO.C2H3N3/c1-4(2)3-5;1-2-4-5-3-1/h3H,1-2H3;1-2H,(H,3,4,5). The highest BCUT2D eigenvalue weighted by Crippen LogP contribution is 1.55. The predicted octanol–water partition coefficient (Wildman–Crippen LogP) is -0.491. The molecule has 0 aliphatic rings. The van der Waals surface area contributed by atoms with E-state index in [2.05, 4.69) is 15.4 Å². The van der Waals surface area contributed by atoms with Gasteiger partial charge in [0, 0.05) is 20.3 Å². The third kappa shape index (κ3) is 6.61. The Labute approximate surface area is 59.0 Å². The molecule has 0 unspecified atom stereocenters. The lowest BCUT2D eigenvalue weighted by Gasteiger charge is -1.93. The summed E-state index contributed by atoms with van der Waals surface area (Å²) < 4.78 is 0. The number of nitrogens with zero attached hydrogens (tertiary/aromatic N) is 3. The minimum absolute atomic E-state index is 0.750. The summed E-state index contributed by atoms with van der Waals surface area (Å²) in [6.45, 7) is 0. The Hall–Kier alpha value is -1.39. The van der Waals surface area contributed by atoms with E-state index in [9.17, 15) is 4.79 Å². The van der Waals surface area contributed by atoms with E-state index in [1.165, 1.54) is 4.90 Å². The van der Waals surface area contributed by atoms with E-state index in [4.69, 9.17) is 0 Å². The van der Waals surface area contributed by atoms with Gasteiger partial charge in [0.25, 0.3) is 0 Å². The van der Waals surface area contributed by atoms with Gasteiger partial charge in [-0.3, -0.25) is 9.89 Å². The maximum absolute atomic E-state index is 9.43. The minimum atomic E-state index is 0.750. The van der Waals surface area contributed by atoms with Gasteiger partial charge >= 0.3 is 0 Å². The molecule has 5 nitrogen and oxygen atoms in total. The molecule has 1 amide bonds. The average Bonchev–Trinajstić information content (AvgIpc) is 2.43. The summed E-state index contributed by atoms with van der Waals surface area (Å²) in [4.78, 5) is 10.9. The Morgan fingerprint density at radius 3 is 2.30 bits per heavy atom. The van der Waals surface area contributed by atoms with E-state index in [1.54, 1.807) is 26.5 Å². The maximum Gasteiger partial charge on any atom is 0.209 e. The van der Waals surface area contributed by atoms with Gasteiger partial charge in [-0.05, 0) is 0 Å². The van der Waals surface area contributed by atoms with E-state index in [0.717, 1.165) is 6.41 Å². The molecule has 0 fully saturated rings. The van der Waals surface area contributed by atoms with Crippen LogP contribution in [0.3, 0.4) is 0 Å². The molecule has 0 spiro atoms. The molecule has 5 heteroatoms. The molecule has 1 N–H and O–H groups in total. The lowest BCUT2D eigenvalue weighted by Crippen LogP contribution is -2.06. The zero-order valence-electron chi connectivity index (χ0n) is 5.98. The van der Waals surface area contributed by atoms with Crippen molar-refractivity contribution >= 4 is 6.41 Å². The van der Waals surface area contributed by atoms with E-state index >= 15 is 0 Å². The fourth-order valence-corrected chi connectivity index (χ4v) is 0.167. The fourth-order valence-electron chi connectivity index (χ4n) is 0.167. The molecule has 1 rings (SSSR count). The highest BCUT2D eigenvalue weighted by atomic mass is 16.1. The van der Waals surface area contributed by atoms with Gasteiger partial charge in [-0.25, -0.2) is 0 Å². The summed E-state index contributed by atoms with van der Waals surface area (Å²) in [5, 5.41) is 9.26. The zero-order chi connectivity index (χ0) is 7.82. The second-order valence-corrected chi connectivity index (χ2v) is 1.73. The molecule has 0 aliphatic carbocycles. The van der Waals surface area contributed by atoms with Crippen LogP contribution in [0.5, 0.6) is 0 Å². The smallest absolute Gasteiger partial charge is 0.209 e. The normalized spacial score (nSPS) is 7.40. The van der Waals surface area contributed by atoms with Gasteiger partial charge < -0.3 is 4.90 Å². The highest BCUT2D eigenvalue weighted by Gasteiger charge is 1.68. The van der Waals surface area contributed by atoms with Gasteiger partial charge in [-0.2, -0.15) is 0 Å². The van der Waals surface area contributed by atoms with Crippen molar-refractivity contribution in [3.8, 4) is 0 Å². The second-order valence-electron chi connectivity index (χ2n) is 1.73. The number of aromatic nitrogens is 3. The summed E-state index contributed by atoms with van der Waals surface area (Å²) in [5.41, 5.74) is 0. The molecule has 1 heterocycles. The van der Waals surface area contributed by atoms with Crippen molar-refractivity contribution in [1.29, 1.82) is 0 Å². The van der Waals surface area contributed by atoms with Crippen LogP contribution < -0.4 is 0 Å². The molecule has 0 saturated heterocycles. The van der Waals surface area contributed by atoms with Crippen molar-refractivity contribution in [3.05, 3.63) is 12.4 Å². The third-order valence-corrected chi connectivity index (χ3v) is 0.542. The SMILES string of the molecule is CN(C)C=O.c1c[nH]nn1. The van der Waals surface area contributed by atoms with Crippen LogP contribution in [0.15, 0.2) is 12.4 Å². The summed E-state index contributed by atoms with van der Waals surface area (Å²) in [7, 11) is 3.38. The molecule has 0 radical (unpaired) electrons. The van der Waals surface area contributed by atoms with Crippen LogP contribution in [-0.4, -0.2) is 40.8 Å². The number of nitrogens with one attached hydrogen (secondary N) is 1. The van der Waals surface area contributed by atoms with Crippen LogP contribution in [0.4, 0.5) is 0 Å². The molecule has 1 aromatic heterocycles. The molecule has 1 aromatic rings. The number of amides is 1. The molecule has 0 aromatic carbocycles. The Morgan fingerprint density at radius 1 is 1.60 bits per heavy atom. The molecule has 0 saturated carbocycles. The van der Waals surface area contributed by atoms with E-state index < -0.39 is 0 Å². The monoisotopic (exact) mass is 142 g/mol. The largest absolute Gasteiger partial charge is 0.351 e. The van der Waals surface area contributed by atoms with Crippen LogP contribution in [0.2, 0.25) is 0 Å². The Kier molecular flexibility index (Phi) is 4.94. The van der Waals surface area contributed by atoms with E-state index in [-0.39, 0.29) is 0 Å². The first-order chi connectivity index (χ1) is 4.77. The van der Waals surface area contributed by atoms with Crippen molar-refractivity contribution in [2.45, 2.75) is 0 Å². The van der Waals surface area contributed by atoms with Crippen molar-refractivity contribution in [1.82, 2.24) is 20.3 Å². The number of aromatic amines is 1. The maximum atomic E-state index is 9.43. The summed E-state index contributed by atoms with van der Waals surface area (Å²) >= 11 is 0. The summed E-state index contributed by atoms with van der Waals surface area (Å²) in [6, 6.07) is 0. The van der Waals surface area contributed by atoms with Gasteiger partial charge in [0.05, 0.1) is 6.20 Å². The lowest BCUT2D eigenvalue weighted by atomic mass is 11.0. The molecular formula is C5H10N4O. The number of rotatable bonds is 1. The van der Waals surface area contributed by atoms with Crippen LogP contribution >= 0.6 is 0 Å². The molecule has 0 aliphatic heterocycles. The van der Waals surface area contributed by atoms with Crippen molar-refractivity contribution < 1.29 is 4.79 Å². The van der Waals surface area contributed by atoms with E-state index in [1.807, 2.05) is 0 Å². The number of hydrogen-bond donors (Lipinski definition) is 1. The fraction of sp³-hybridized carbons (Fsp3) is 0.400. The zero-order valence-corrected chi connectivity index (χ0v) is 5.98. The van der Waals surface area contributed by atoms with Gasteiger partial charge in [0.1, 0.15) is 0 Å². The lowest BCUT2D eigenvalue weighted by molar-refractivity contribution is -0.115. The minimum Gasteiger partial charge on any atom is -0.351 e. The number of carbonyl (C=O) groups is 1. The van der Waals surface area contributed by atoms with E-state index in [0.29, 0.717) is 0 Å². The Morgan fingerprint density at radius 2 is 2.20 bits per heavy atom. The number of hydrogen-bond acceptors (Lipinski definition) is 3. The van der Waals surface area contributed by atoms with Crippen molar-refractivity contribution in [3.63, 3.8) is 0 Å². The van der Waals surface area contributed by atoms with Crippen molar-refractivity contribution in [2.24, 2.45) is 0 Å². The molecule has 56 valence electrons. The van der Waals surface area contributed by atoms with Crippen LogP contribution in [0.1, 0.15) is 0 Å². The van der Waals surface area contributed by atoms with Crippen LogP contribution in [0.25, 0.3) is 0 Å². The summed E-state index contributed by atoms with van der Waals surface area (Å²) in [6.07, 6.45) is 3.99. The first-order valence-electron chi connectivity index (χ1n) is 2.69. The molecule has 10 heavy (non-hydrogen) atoms.